The van der Waals surface area contributed by atoms with Gasteiger partial charge in [-0.05, 0) is 65.6 Å². The molecule has 2 aromatic heterocycles. The summed E-state index contributed by atoms with van der Waals surface area (Å²) in [5, 5.41) is 25.4. The maximum absolute atomic E-state index is 10.5. The molecule has 2 N–H and O–H groups in total. The molecule has 5 rings (SSSR count). The quantitative estimate of drug-likeness (QED) is 0.727. The van der Waals surface area contributed by atoms with Gasteiger partial charge in [-0.3, -0.25) is 4.98 Å². The lowest BCUT2D eigenvalue weighted by atomic mass is 9.76. The highest BCUT2D eigenvalue weighted by molar-refractivity contribution is 5.86. The lowest BCUT2D eigenvalue weighted by Gasteiger charge is -2.32. The fourth-order valence-corrected chi connectivity index (χ4v) is 5.07. The molecule has 1 aromatic carbocycles. The van der Waals surface area contributed by atoms with E-state index in [0.29, 0.717) is 5.82 Å². The van der Waals surface area contributed by atoms with Crippen LogP contribution in [0.2, 0.25) is 0 Å². The average Bonchev–Trinajstić information content (AvgIpc) is 3.45. The van der Waals surface area contributed by atoms with Crippen LogP contribution in [0.4, 0.5) is 0 Å². The number of pyridine rings is 1. The number of aliphatic hydroxyl groups excluding tert-OH is 1. The second-order valence-corrected chi connectivity index (χ2v) is 8.10. The zero-order valence-electron chi connectivity index (χ0n) is 16.0. The number of hydrogen-bond acceptors (Lipinski definition) is 5. The van der Waals surface area contributed by atoms with E-state index in [1.807, 2.05) is 6.07 Å². The van der Waals surface area contributed by atoms with Crippen LogP contribution in [0.3, 0.4) is 0 Å². The molecule has 6 nitrogen and oxygen atoms in total. The van der Waals surface area contributed by atoms with E-state index in [1.165, 1.54) is 35.2 Å². The van der Waals surface area contributed by atoms with Crippen molar-refractivity contribution >= 4 is 0 Å². The van der Waals surface area contributed by atoms with Crippen LogP contribution in [0.5, 0.6) is 0 Å². The van der Waals surface area contributed by atoms with Gasteiger partial charge in [0.25, 0.3) is 0 Å². The number of aromatic nitrogens is 5. The molecule has 144 valence electrons. The van der Waals surface area contributed by atoms with Gasteiger partial charge in [0.1, 0.15) is 0 Å². The molecule has 0 saturated heterocycles. The molecule has 0 unspecified atom stereocenters. The molecule has 0 bridgehead atoms. The van der Waals surface area contributed by atoms with E-state index >= 15 is 0 Å². The summed E-state index contributed by atoms with van der Waals surface area (Å²) in [5.74, 6) is 0.648. The molecule has 1 fully saturated rings. The third-order valence-electron chi connectivity index (χ3n) is 6.48. The fraction of sp³-hybridized carbons (Fsp3) is 0.455. The van der Waals surface area contributed by atoms with Gasteiger partial charge >= 0.3 is 0 Å². The molecule has 2 aliphatic rings. The Morgan fingerprint density at radius 1 is 0.964 bits per heavy atom. The number of hydrogen-bond donors (Lipinski definition) is 2. The Labute approximate surface area is 164 Å². The Bertz CT molecular complexity index is 962. The van der Waals surface area contributed by atoms with Gasteiger partial charge in [-0.2, -0.15) is 0 Å². The van der Waals surface area contributed by atoms with Crippen LogP contribution in [-0.2, 0) is 18.3 Å². The Kier molecular flexibility index (Phi) is 4.43. The summed E-state index contributed by atoms with van der Waals surface area (Å²) in [5.41, 5.74) is 6.52. The third kappa shape index (κ3) is 2.75. The highest BCUT2D eigenvalue weighted by atomic mass is 16.3. The molecular weight excluding hydrogens is 350 g/mol. The van der Waals surface area contributed by atoms with Crippen LogP contribution in [0.25, 0.3) is 22.5 Å². The number of aryl methyl sites for hydroxylation is 1. The van der Waals surface area contributed by atoms with Crippen molar-refractivity contribution in [3.05, 3.63) is 47.3 Å². The Hall–Kier alpha value is -2.60. The number of aliphatic hydroxyl groups is 1. The maximum atomic E-state index is 10.5. The minimum Gasteiger partial charge on any atom is -0.395 e. The first kappa shape index (κ1) is 17.5. The predicted molar refractivity (Wildman–Crippen MR) is 107 cm³/mol. The summed E-state index contributed by atoms with van der Waals surface area (Å²) in [7, 11) is 0. The maximum Gasteiger partial charge on any atom is 0.181 e. The molecule has 0 spiro atoms. The second-order valence-electron chi connectivity index (χ2n) is 8.10. The minimum absolute atomic E-state index is 0.113. The number of benzene rings is 1. The Balaban J connectivity index is 1.87. The molecule has 28 heavy (non-hydrogen) atoms. The van der Waals surface area contributed by atoms with Crippen molar-refractivity contribution in [3.8, 4) is 22.5 Å². The lowest BCUT2D eigenvalue weighted by molar-refractivity contribution is 0.192. The standard InChI is InChI=1S/C22H25N5O/c28-14-22(12-6-7-13-22)20-19(21-24-26-27-25-21)18(15-8-2-1-3-9-15)16-10-4-5-11-17(16)23-20/h1-3,8-9,28H,4-7,10-14H2,(H,24,25,26,27). The van der Waals surface area contributed by atoms with Gasteiger partial charge in [0.15, 0.2) is 5.82 Å². The zero-order valence-corrected chi connectivity index (χ0v) is 16.0. The monoisotopic (exact) mass is 375 g/mol. The van der Waals surface area contributed by atoms with Gasteiger partial charge in [0, 0.05) is 11.1 Å². The summed E-state index contributed by atoms with van der Waals surface area (Å²) in [6.45, 7) is 0.113. The first-order valence-electron chi connectivity index (χ1n) is 10.3. The number of aromatic amines is 1. The number of tetrazole rings is 1. The van der Waals surface area contributed by atoms with Crippen molar-refractivity contribution in [3.63, 3.8) is 0 Å². The van der Waals surface area contributed by atoms with Gasteiger partial charge in [0.05, 0.1) is 17.9 Å². The highest BCUT2D eigenvalue weighted by Gasteiger charge is 2.41. The third-order valence-corrected chi connectivity index (χ3v) is 6.48. The van der Waals surface area contributed by atoms with E-state index in [-0.39, 0.29) is 12.0 Å². The number of H-pyrrole nitrogens is 1. The molecule has 0 aliphatic heterocycles. The number of nitrogens with one attached hydrogen (secondary N) is 1. The van der Waals surface area contributed by atoms with Crippen molar-refractivity contribution < 1.29 is 5.11 Å². The van der Waals surface area contributed by atoms with Gasteiger partial charge < -0.3 is 5.11 Å². The number of nitrogens with zero attached hydrogens (tertiary/aromatic N) is 4. The average molecular weight is 375 g/mol. The van der Waals surface area contributed by atoms with Gasteiger partial charge in [-0.1, -0.05) is 43.2 Å². The molecule has 6 heteroatoms. The Morgan fingerprint density at radius 3 is 2.46 bits per heavy atom. The van der Waals surface area contributed by atoms with Crippen molar-refractivity contribution in [2.75, 3.05) is 6.61 Å². The van der Waals surface area contributed by atoms with Crippen molar-refractivity contribution in [2.24, 2.45) is 0 Å². The van der Waals surface area contributed by atoms with Crippen LogP contribution < -0.4 is 0 Å². The lowest BCUT2D eigenvalue weighted by Crippen LogP contribution is -2.30. The molecule has 2 heterocycles. The summed E-state index contributed by atoms with van der Waals surface area (Å²) >= 11 is 0. The molecular formula is C22H25N5O. The van der Waals surface area contributed by atoms with E-state index in [0.717, 1.165) is 49.8 Å². The van der Waals surface area contributed by atoms with Crippen LogP contribution >= 0.6 is 0 Å². The van der Waals surface area contributed by atoms with Crippen molar-refractivity contribution in [2.45, 2.75) is 56.8 Å². The zero-order chi connectivity index (χ0) is 19.0. The van der Waals surface area contributed by atoms with Gasteiger partial charge in [0.2, 0.25) is 0 Å². The summed E-state index contributed by atoms with van der Waals surface area (Å²) in [6.07, 6.45) is 8.51. The summed E-state index contributed by atoms with van der Waals surface area (Å²) < 4.78 is 0. The second kappa shape index (κ2) is 7.09. The van der Waals surface area contributed by atoms with E-state index in [2.05, 4.69) is 44.9 Å². The molecule has 1 saturated carbocycles. The first-order valence-corrected chi connectivity index (χ1v) is 10.3. The molecule has 0 radical (unpaired) electrons. The van der Waals surface area contributed by atoms with Crippen LogP contribution in [-0.4, -0.2) is 37.3 Å². The van der Waals surface area contributed by atoms with Crippen molar-refractivity contribution in [1.29, 1.82) is 0 Å². The van der Waals surface area contributed by atoms with Gasteiger partial charge in [-0.15, -0.1) is 5.10 Å². The smallest absolute Gasteiger partial charge is 0.181 e. The predicted octanol–water partition coefficient (Wildman–Crippen LogP) is 3.61. The van der Waals surface area contributed by atoms with Crippen LogP contribution in [0, 0.1) is 0 Å². The molecule has 2 aliphatic carbocycles. The first-order chi connectivity index (χ1) is 13.8. The minimum atomic E-state index is -0.307. The fourth-order valence-electron chi connectivity index (χ4n) is 5.07. The summed E-state index contributed by atoms with van der Waals surface area (Å²) in [6, 6.07) is 10.5. The normalized spacial score (nSPS) is 18.2. The number of rotatable bonds is 4. The summed E-state index contributed by atoms with van der Waals surface area (Å²) in [4.78, 5) is 5.20. The van der Waals surface area contributed by atoms with Crippen LogP contribution in [0.15, 0.2) is 30.3 Å². The SMILES string of the molecule is OCC1(c2nc3c(c(-c4ccccc4)c2-c2nnn[nH]2)CCCC3)CCCC1. The topological polar surface area (TPSA) is 87.6 Å². The molecule has 0 amide bonds. The molecule has 0 atom stereocenters. The van der Waals surface area contributed by atoms with Crippen LogP contribution in [0.1, 0.15) is 55.5 Å². The Morgan fingerprint density at radius 2 is 1.75 bits per heavy atom. The van der Waals surface area contributed by atoms with E-state index in [1.54, 1.807) is 0 Å². The number of fused-ring (bicyclic) bond motifs is 1. The van der Waals surface area contributed by atoms with E-state index in [9.17, 15) is 5.11 Å². The largest absolute Gasteiger partial charge is 0.395 e. The van der Waals surface area contributed by atoms with Gasteiger partial charge in [-0.25, -0.2) is 5.10 Å². The van der Waals surface area contributed by atoms with Crippen molar-refractivity contribution in [1.82, 2.24) is 25.6 Å². The van der Waals surface area contributed by atoms with E-state index < -0.39 is 0 Å². The van der Waals surface area contributed by atoms with E-state index in [4.69, 9.17) is 4.98 Å². The highest BCUT2D eigenvalue weighted by Crippen LogP contribution is 2.48. The molecule has 3 aromatic rings.